The molecule has 89 valence electrons. The smallest absolute Gasteiger partial charge is 1.00 e. The van der Waals surface area contributed by atoms with Gasteiger partial charge in [0.25, 0.3) is 0 Å². The molecule has 0 amide bonds. The van der Waals surface area contributed by atoms with Gasteiger partial charge in [0, 0.05) is 24.4 Å². The molecule has 1 radical (unpaired) electrons. The SMILES string of the molecule is CCNc1ccc([N+]#N)cc1.[Cl-].[Cl-].[Cl-].[Cu+2]. The van der Waals surface area contributed by atoms with Gasteiger partial charge in [-0.15, -0.1) is 0 Å². The molecule has 15 heavy (non-hydrogen) atoms. The first-order chi connectivity index (χ1) is 5.36. The Bertz CT molecular complexity index is 273. The number of anilines is 1. The van der Waals surface area contributed by atoms with Crippen LogP contribution in [0, 0.1) is 5.39 Å². The number of benzene rings is 1. The van der Waals surface area contributed by atoms with Gasteiger partial charge >= 0.3 is 22.8 Å². The molecule has 0 aliphatic heterocycles. The third-order valence-electron chi connectivity index (χ3n) is 1.36. The van der Waals surface area contributed by atoms with Crippen molar-refractivity contribution < 1.29 is 54.3 Å². The van der Waals surface area contributed by atoms with Gasteiger partial charge in [0.05, 0.1) is 0 Å². The summed E-state index contributed by atoms with van der Waals surface area (Å²) in [7, 11) is 0. The molecule has 0 fully saturated rings. The molecule has 0 heterocycles. The summed E-state index contributed by atoms with van der Waals surface area (Å²) < 4.78 is 0. The summed E-state index contributed by atoms with van der Waals surface area (Å²) in [5.74, 6) is 0. The maximum absolute atomic E-state index is 8.36. The van der Waals surface area contributed by atoms with Crippen LogP contribution in [-0.2, 0) is 17.1 Å². The quantitative estimate of drug-likeness (QED) is 0.435. The molecule has 0 aromatic heterocycles. The van der Waals surface area contributed by atoms with E-state index in [0.29, 0.717) is 5.69 Å². The Morgan fingerprint density at radius 1 is 1.13 bits per heavy atom. The van der Waals surface area contributed by atoms with E-state index in [2.05, 4.69) is 10.3 Å². The van der Waals surface area contributed by atoms with Crippen LogP contribution in [0.4, 0.5) is 11.4 Å². The number of rotatable bonds is 2. The number of halogens is 3. The van der Waals surface area contributed by atoms with Crippen LogP contribution >= 0.6 is 0 Å². The predicted molar refractivity (Wildman–Crippen MR) is 45.3 cm³/mol. The summed E-state index contributed by atoms with van der Waals surface area (Å²) in [6.07, 6.45) is 0. The van der Waals surface area contributed by atoms with Gasteiger partial charge < -0.3 is 42.5 Å². The van der Waals surface area contributed by atoms with Crippen molar-refractivity contribution in [2.24, 2.45) is 0 Å². The number of diazo groups is 1. The Hall–Kier alpha value is -0.171. The molecule has 7 heteroatoms. The van der Waals surface area contributed by atoms with E-state index in [0.717, 1.165) is 12.2 Å². The third-order valence-corrected chi connectivity index (χ3v) is 1.36. The normalized spacial score (nSPS) is 6.40. The fraction of sp³-hybridized carbons (Fsp3) is 0.250. The predicted octanol–water partition coefficient (Wildman–Crippen LogP) is -6.39. The van der Waals surface area contributed by atoms with Crippen molar-refractivity contribution in [1.82, 2.24) is 0 Å². The van der Waals surface area contributed by atoms with Crippen LogP contribution in [0.25, 0.3) is 4.98 Å². The molecule has 1 rings (SSSR count). The van der Waals surface area contributed by atoms with Gasteiger partial charge in [-0.1, -0.05) is 0 Å². The molecule has 0 unspecified atom stereocenters. The van der Waals surface area contributed by atoms with Gasteiger partial charge in [-0.3, -0.25) is 0 Å². The molecule has 0 aliphatic rings. The summed E-state index contributed by atoms with van der Waals surface area (Å²) in [6, 6.07) is 7.24. The van der Waals surface area contributed by atoms with Crippen LogP contribution in [0.5, 0.6) is 0 Å². The second kappa shape index (κ2) is 13.8. The molecule has 3 nitrogen and oxygen atoms in total. The molecule has 0 aliphatic carbocycles. The van der Waals surface area contributed by atoms with Crippen LogP contribution in [0.3, 0.4) is 0 Å². The molecular weight excluding hydrogens is 308 g/mol. The van der Waals surface area contributed by atoms with Gasteiger partial charge in [-0.05, 0) is 19.1 Å². The van der Waals surface area contributed by atoms with E-state index in [4.69, 9.17) is 5.39 Å². The van der Waals surface area contributed by atoms with E-state index < -0.39 is 0 Å². The van der Waals surface area contributed by atoms with E-state index >= 15 is 0 Å². The minimum absolute atomic E-state index is 0. The van der Waals surface area contributed by atoms with Crippen LogP contribution in [-0.4, -0.2) is 6.54 Å². The van der Waals surface area contributed by atoms with Crippen LogP contribution in [0.1, 0.15) is 6.92 Å². The minimum Gasteiger partial charge on any atom is -1.00 e. The van der Waals surface area contributed by atoms with Gasteiger partial charge in [0.2, 0.25) is 5.39 Å². The van der Waals surface area contributed by atoms with E-state index in [-0.39, 0.29) is 54.3 Å². The van der Waals surface area contributed by atoms with E-state index in [1.165, 1.54) is 0 Å². The van der Waals surface area contributed by atoms with Gasteiger partial charge in [-0.25, -0.2) is 0 Å². The van der Waals surface area contributed by atoms with E-state index in [9.17, 15) is 0 Å². The maximum atomic E-state index is 8.36. The summed E-state index contributed by atoms with van der Waals surface area (Å²) >= 11 is 0. The Kier molecular flexibility index (Phi) is 22.3. The van der Waals surface area contributed by atoms with Crippen molar-refractivity contribution in [2.75, 3.05) is 11.9 Å². The summed E-state index contributed by atoms with van der Waals surface area (Å²) in [6.45, 7) is 2.93. The Morgan fingerprint density at radius 2 is 1.60 bits per heavy atom. The molecule has 0 spiro atoms. The van der Waals surface area contributed by atoms with Crippen molar-refractivity contribution in [3.63, 3.8) is 0 Å². The first-order valence-corrected chi connectivity index (χ1v) is 3.56. The number of nitrogens with one attached hydrogen (secondary N) is 1. The van der Waals surface area contributed by atoms with Gasteiger partial charge in [-0.2, -0.15) is 0 Å². The molecule has 1 aromatic carbocycles. The zero-order chi connectivity index (χ0) is 8.10. The Morgan fingerprint density at radius 3 is 1.93 bits per heavy atom. The zero-order valence-corrected chi connectivity index (χ0v) is 11.1. The standard InChI is InChI=1S/C8H10N3.3ClH.Cu/c1-2-10-7-3-5-8(11-9)6-4-7;;;;/h3-6,10H,2H2,1H3;3*1H;/q+1;;;;+2/p-3. The molecule has 1 N–H and O–H groups in total. The average Bonchev–Trinajstić information content (AvgIpc) is 2.07. The molecule has 1 aromatic rings. The zero-order valence-electron chi connectivity index (χ0n) is 7.85. The summed E-state index contributed by atoms with van der Waals surface area (Å²) in [5.41, 5.74) is 1.62. The number of hydrogen-bond donors (Lipinski definition) is 1. The van der Waals surface area contributed by atoms with Crippen molar-refractivity contribution in [2.45, 2.75) is 6.92 Å². The third kappa shape index (κ3) is 8.80. The van der Waals surface area contributed by atoms with E-state index in [1.54, 1.807) is 12.1 Å². The van der Waals surface area contributed by atoms with Crippen molar-refractivity contribution in [1.29, 1.82) is 5.39 Å². The maximum Gasteiger partial charge on any atom is 2.00 e. The molecule has 0 saturated carbocycles. The van der Waals surface area contributed by atoms with Crippen molar-refractivity contribution in [3.05, 3.63) is 29.2 Å². The molecule has 0 bridgehead atoms. The van der Waals surface area contributed by atoms with Crippen LogP contribution < -0.4 is 42.5 Å². The van der Waals surface area contributed by atoms with E-state index in [1.807, 2.05) is 19.1 Å². The monoisotopic (exact) mass is 316 g/mol. The molecular formula is C8H10Cl3CuN3. The largest absolute Gasteiger partial charge is 2.00 e. The Balaban J connectivity index is -0.000000151. The van der Waals surface area contributed by atoms with Gasteiger partial charge in [0.1, 0.15) is 0 Å². The first kappa shape index (κ1) is 24.2. The fourth-order valence-electron chi connectivity index (χ4n) is 0.850. The molecule has 0 saturated heterocycles. The first-order valence-electron chi connectivity index (χ1n) is 3.56. The van der Waals surface area contributed by atoms with Gasteiger partial charge in [0.15, 0.2) is 4.98 Å². The Labute approximate surface area is 119 Å². The number of nitrogens with zero attached hydrogens (tertiary/aromatic N) is 2. The molecule has 0 atom stereocenters. The second-order valence-corrected chi connectivity index (χ2v) is 2.18. The summed E-state index contributed by atoms with van der Waals surface area (Å²) in [4.78, 5) is 3.04. The summed E-state index contributed by atoms with van der Waals surface area (Å²) in [5, 5.41) is 11.5. The topological polar surface area (TPSA) is 40.2 Å². The average molecular weight is 318 g/mol. The van der Waals surface area contributed by atoms with Crippen LogP contribution in [0.2, 0.25) is 0 Å². The van der Waals surface area contributed by atoms with Crippen LogP contribution in [0.15, 0.2) is 24.3 Å². The second-order valence-electron chi connectivity index (χ2n) is 2.18. The number of hydrogen-bond acceptors (Lipinski definition) is 2. The van der Waals surface area contributed by atoms with Crippen molar-refractivity contribution in [3.8, 4) is 0 Å². The van der Waals surface area contributed by atoms with Crippen molar-refractivity contribution >= 4 is 11.4 Å². The minimum atomic E-state index is 0. The fourth-order valence-corrected chi connectivity index (χ4v) is 0.850.